The summed E-state index contributed by atoms with van der Waals surface area (Å²) in [6.07, 6.45) is 1.79. The smallest absolute Gasteiger partial charge is 0.338 e. The topological polar surface area (TPSA) is 79.1 Å². The van der Waals surface area contributed by atoms with E-state index in [4.69, 9.17) is 25.8 Å². The van der Waals surface area contributed by atoms with Crippen LogP contribution in [0.15, 0.2) is 63.5 Å². The van der Waals surface area contributed by atoms with E-state index < -0.39 is 12.0 Å². The molecule has 2 aliphatic heterocycles. The summed E-state index contributed by atoms with van der Waals surface area (Å²) in [4.78, 5) is 31.6. The number of hydrogen-bond acceptors (Lipinski definition) is 7. The van der Waals surface area contributed by atoms with Crippen LogP contribution in [0.2, 0.25) is 5.02 Å². The number of allylic oxidation sites excluding steroid dienone is 1. The van der Waals surface area contributed by atoms with Gasteiger partial charge in [0.15, 0.2) is 16.3 Å². The fraction of sp³-hybridized carbons (Fsp3) is 0.240. The Morgan fingerprint density at radius 1 is 1.24 bits per heavy atom. The van der Waals surface area contributed by atoms with Gasteiger partial charge >= 0.3 is 5.97 Å². The number of esters is 1. The minimum atomic E-state index is -0.744. The molecule has 174 valence electrons. The summed E-state index contributed by atoms with van der Waals surface area (Å²) in [5.74, 6) is 0.801. The van der Waals surface area contributed by atoms with E-state index in [0.29, 0.717) is 55.9 Å². The minimum absolute atomic E-state index is 0.208. The lowest BCUT2D eigenvalue weighted by molar-refractivity contribution is -0.139. The van der Waals surface area contributed by atoms with Crippen LogP contribution in [-0.2, 0) is 9.53 Å². The third-order valence-corrected chi connectivity index (χ3v) is 6.91. The largest absolute Gasteiger partial charge is 0.486 e. The van der Waals surface area contributed by atoms with Crippen LogP contribution in [0.5, 0.6) is 11.5 Å². The molecule has 0 fully saturated rings. The third-order valence-electron chi connectivity index (χ3n) is 5.58. The first-order valence-electron chi connectivity index (χ1n) is 10.8. The third kappa shape index (κ3) is 3.93. The second kappa shape index (κ2) is 9.12. The molecule has 3 aromatic rings. The van der Waals surface area contributed by atoms with Gasteiger partial charge in [-0.3, -0.25) is 9.36 Å². The van der Waals surface area contributed by atoms with Crippen molar-refractivity contribution >= 4 is 35.0 Å². The van der Waals surface area contributed by atoms with Gasteiger partial charge in [0.1, 0.15) is 19.3 Å². The maximum Gasteiger partial charge on any atom is 0.338 e. The van der Waals surface area contributed by atoms with E-state index >= 15 is 0 Å². The van der Waals surface area contributed by atoms with Crippen LogP contribution >= 0.6 is 22.9 Å². The number of benzene rings is 2. The molecule has 2 aliphatic rings. The van der Waals surface area contributed by atoms with E-state index in [1.165, 1.54) is 15.9 Å². The molecule has 0 aliphatic carbocycles. The van der Waals surface area contributed by atoms with Gasteiger partial charge in [0, 0.05) is 5.02 Å². The van der Waals surface area contributed by atoms with Gasteiger partial charge in [0.25, 0.3) is 5.56 Å². The molecular weight excluding hydrogens is 476 g/mol. The summed E-state index contributed by atoms with van der Waals surface area (Å²) < 4.78 is 18.6. The molecule has 7 nitrogen and oxygen atoms in total. The van der Waals surface area contributed by atoms with Crippen molar-refractivity contribution in [2.24, 2.45) is 4.99 Å². The van der Waals surface area contributed by atoms with E-state index in [1.807, 2.05) is 30.3 Å². The highest BCUT2D eigenvalue weighted by molar-refractivity contribution is 7.07. The highest BCUT2D eigenvalue weighted by Gasteiger charge is 2.34. The van der Waals surface area contributed by atoms with Gasteiger partial charge in [-0.15, -0.1) is 0 Å². The van der Waals surface area contributed by atoms with Crippen LogP contribution in [0.1, 0.15) is 31.0 Å². The molecule has 5 rings (SSSR count). The standard InChI is InChI=1S/C25H21ClN2O5S/c1-3-31-24(30)21-14(2)27-25-28(22(21)16-6-4-5-7-17(16)26)23(29)20(34-25)13-15-8-9-18-19(12-15)33-11-10-32-18/h4-9,12-13,22H,3,10-11H2,1-2H3. The Kier molecular flexibility index (Phi) is 6.02. The fourth-order valence-electron chi connectivity index (χ4n) is 4.08. The number of halogens is 1. The van der Waals surface area contributed by atoms with Crippen molar-refractivity contribution in [2.75, 3.05) is 19.8 Å². The first-order valence-corrected chi connectivity index (χ1v) is 12.0. The van der Waals surface area contributed by atoms with Gasteiger partial charge in [-0.25, -0.2) is 9.79 Å². The van der Waals surface area contributed by atoms with E-state index in [9.17, 15) is 9.59 Å². The molecule has 0 spiro atoms. The van der Waals surface area contributed by atoms with Gasteiger partial charge < -0.3 is 14.2 Å². The van der Waals surface area contributed by atoms with Gasteiger partial charge in [0.05, 0.1) is 22.4 Å². The Hall–Kier alpha value is -3.36. The highest BCUT2D eigenvalue weighted by atomic mass is 35.5. The molecule has 0 amide bonds. The van der Waals surface area contributed by atoms with Crippen molar-refractivity contribution in [3.8, 4) is 11.5 Å². The quantitative estimate of drug-likeness (QED) is 0.518. The predicted molar refractivity (Wildman–Crippen MR) is 129 cm³/mol. The minimum Gasteiger partial charge on any atom is -0.486 e. The Morgan fingerprint density at radius 3 is 2.76 bits per heavy atom. The Balaban J connectivity index is 1.70. The van der Waals surface area contributed by atoms with Crippen LogP contribution in [0.25, 0.3) is 6.08 Å². The summed E-state index contributed by atoms with van der Waals surface area (Å²) in [7, 11) is 0. The van der Waals surface area contributed by atoms with Gasteiger partial charge in [0.2, 0.25) is 0 Å². The molecule has 3 heterocycles. The molecule has 0 saturated carbocycles. The maximum atomic E-state index is 13.6. The molecular formula is C25H21ClN2O5S. The molecule has 0 radical (unpaired) electrons. The van der Waals surface area contributed by atoms with E-state index in [2.05, 4.69) is 4.99 Å². The number of fused-ring (bicyclic) bond motifs is 2. The molecule has 1 atom stereocenters. The monoisotopic (exact) mass is 496 g/mol. The van der Waals surface area contributed by atoms with Crippen LogP contribution in [0.4, 0.5) is 0 Å². The van der Waals surface area contributed by atoms with Crippen molar-refractivity contribution < 1.29 is 19.0 Å². The second-order valence-electron chi connectivity index (χ2n) is 7.73. The van der Waals surface area contributed by atoms with Crippen LogP contribution in [0, 0.1) is 0 Å². The molecule has 0 saturated heterocycles. The molecule has 1 aromatic heterocycles. The molecule has 1 unspecified atom stereocenters. The van der Waals surface area contributed by atoms with E-state index in [1.54, 1.807) is 32.1 Å². The van der Waals surface area contributed by atoms with Crippen molar-refractivity contribution in [1.29, 1.82) is 0 Å². The van der Waals surface area contributed by atoms with Crippen molar-refractivity contribution in [3.05, 3.63) is 89.6 Å². The average Bonchev–Trinajstić information content (AvgIpc) is 3.13. The summed E-state index contributed by atoms with van der Waals surface area (Å²) in [5.41, 5.74) is 1.96. The number of thiazole rings is 1. The zero-order valence-corrected chi connectivity index (χ0v) is 20.1. The van der Waals surface area contributed by atoms with E-state index in [-0.39, 0.29) is 12.2 Å². The lowest BCUT2D eigenvalue weighted by Crippen LogP contribution is -2.40. The number of hydrogen-bond donors (Lipinski definition) is 0. The predicted octanol–water partition coefficient (Wildman–Crippen LogP) is 3.22. The zero-order valence-electron chi connectivity index (χ0n) is 18.5. The molecule has 0 bridgehead atoms. The zero-order chi connectivity index (χ0) is 23.8. The number of carbonyl (C=O) groups excluding carboxylic acids is 1. The van der Waals surface area contributed by atoms with Crippen molar-refractivity contribution in [2.45, 2.75) is 19.9 Å². The second-order valence-corrected chi connectivity index (χ2v) is 9.14. The number of rotatable bonds is 4. The molecule has 2 aromatic carbocycles. The lowest BCUT2D eigenvalue weighted by atomic mass is 9.96. The Morgan fingerprint density at radius 2 is 2.00 bits per heavy atom. The summed E-state index contributed by atoms with van der Waals surface area (Å²) in [5, 5.41) is 0.449. The van der Waals surface area contributed by atoms with Gasteiger partial charge in [-0.1, -0.05) is 47.2 Å². The first-order chi connectivity index (χ1) is 16.5. The SMILES string of the molecule is CCOC(=O)C1=C(C)N=c2sc(=Cc3ccc4c(c3)OCCO4)c(=O)n2C1c1ccccc1Cl. The van der Waals surface area contributed by atoms with Crippen molar-refractivity contribution in [1.82, 2.24) is 4.57 Å². The van der Waals surface area contributed by atoms with Gasteiger partial charge in [-0.2, -0.15) is 0 Å². The van der Waals surface area contributed by atoms with Gasteiger partial charge in [-0.05, 0) is 49.2 Å². The van der Waals surface area contributed by atoms with Crippen molar-refractivity contribution in [3.63, 3.8) is 0 Å². The summed E-state index contributed by atoms with van der Waals surface area (Å²) >= 11 is 7.78. The van der Waals surface area contributed by atoms with Crippen LogP contribution in [-0.4, -0.2) is 30.4 Å². The van der Waals surface area contributed by atoms with Crippen LogP contribution < -0.4 is 24.4 Å². The number of aromatic nitrogens is 1. The first kappa shape index (κ1) is 22.4. The summed E-state index contributed by atoms with van der Waals surface area (Å²) in [6, 6.07) is 12.0. The van der Waals surface area contributed by atoms with E-state index in [0.717, 1.165) is 5.56 Å². The average molecular weight is 497 g/mol. The Bertz CT molecular complexity index is 1500. The summed E-state index contributed by atoms with van der Waals surface area (Å²) in [6.45, 7) is 4.68. The maximum absolute atomic E-state index is 13.6. The Labute approximate surface area is 204 Å². The molecule has 34 heavy (non-hydrogen) atoms. The number of carbonyl (C=O) groups is 1. The normalized spacial score (nSPS) is 17.3. The number of ether oxygens (including phenoxy) is 3. The number of nitrogens with zero attached hydrogens (tertiary/aromatic N) is 2. The molecule has 0 N–H and O–H groups in total. The fourth-order valence-corrected chi connectivity index (χ4v) is 5.37. The lowest BCUT2D eigenvalue weighted by Gasteiger charge is -2.25. The molecule has 9 heteroatoms. The van der Waals surface area contributed by atoms with Crippen LogP contribution in [0.3, 0.4) is 0 Å². The highest BCUT2D eigenvalue weighted by Crippen LogP contribution is 2.34.